The summed E-state index contributed by atoms with van der Waals surface area (Å²) in [6, 6.07) is 71.0. The molecule has 0 saturated heterocycles. The molecule has 258 valence electrons. The molecule has 11 rings (SSSR count). The number of para-hydroxylation sites is 2. The van der Waals surface area contributed by atoms with Crippen molar-refractivity contribution in [3.8, 4) is 33.4 Å². The van der Waals surface area contributed by atoms with Gasteiger partial charge in [0.15, 0.2) is 0 Å². The molecule has 0 bridgehead atoms. The van der Waals surface area contributed by atoms with Crippen LogP contribution in [0.2, 0.25) is 0 Å². The molecule has 0 saturated carbocycles. The smallest absolute Gasteiger partial charge is 0.143 e. The van der Waals surface area contributed by atoms with Crippen LogP contribution in [-0.4, -0.2) is 0 Å². The molecular formula is C52H33NO2. The second kappa shape index (κ2) is 12.6. The highest BCUT2D eigenvalue weighted by Crippen LogP contribution is 2.44. The van der Waals surface area contributed by atoms with Gasteiger partial charge in [0.25, 0.3) is 0 Å². The predicted octanol–water partition coefficient (Wildman–Crippen LogP) is 15.1. The van der Waals surface area contributed by atoms with Gasteiger partial charge in [-0.1, -0.05) is 140 Å². The Morgan fingerprint density at radius 3 is 1.78 bits per heavy atom. The molecule has 0 amide bonds. The van der Waals surface area contributed by atoms with E-state index in [0.717, 1.165) is 94.1 Å². The van der Waals surface area contributed by atoms with Crippen LogP contribution in [0.1, 0.15) is 0 Å². The molecular weight excluding hydrogens is 671 g/mol. The Labute approximate surface area is 317 Å². The van der Waals surface area contributed by atoms with Crippen molar-refractivity contribution in [2.45, 2.75) is 0 Å². The minimum absolute atomic E-state index is 0.895. The summed E-state index contributed by atoms with van der Waals surface area (Å²) in [7, 11) is 0. The summed E-state index contributed by atoms with van der Waals surface area (Å²) in [6.45, 7) is 0. The van der Waals surface area contributed by atoms with Crippen molar-refractivity contribution in [2.24, 2.45) is 0 Å². The lowest BCUT2D eigenvalue weighted by atomic mass is 9.97. The van der Waals surface area contributed by atoms with Gasteiger partial charge in [0.05, 0.1) is 5.69 Å². The van der Waals surface area contributed by atoms with Gasteiger partial charge < -0.3 is 13.7 Å². The number of anilines is 3. The van der Waals surface area contributed by atoms with E-state index in [1.165, 1.54) is 10.9 Å². The molecule has 0 aliphatic rings. The summed E-state index contributed by atoms with van der Waals surface area (Å²) >= 11 is 0. The van der Waals surface area contributed by atoms with Crippen LogP contribution in [-0.2, 0) is 0 Å². The normalized spacial score (nSPS) is 11.6. The molecule has 0 spiro atoms. The van der Waals surface area contributed by atoms with Crippen molar-refractivity contribution >= 4 is 71.7 Å². The molecule has 3 nitrogen and oxygen atoms in total. The zero-order valence-electron chi connectivity index (χ0n) is 29.8. The van der Waals surface area contributed by atoms with Gasteiger partial charge in [0.1, 0.15) is 22.3 Å². The fourth-order valence-corrected chi connectivity index (χ4v) is 8.25. The molecule has 2 aromatic heterocycles. The third kappa shape index (κ3) is 5.20. The molecule has 0 atom stereocenters. The minimum Gasteiger partial charge on any atom is -0.456 e. The van der Waals surface area contributed by atoms with Crippen LogP contribution in [0.4, 0.5) is 17.1 Å². The standard InChI is InChI=1S/C52H33NO2/c1-2-11-35(12-3-1)41-14-6-8-18-47(41)53(39-27-21-34(22-28-39)38-26-32-49-46(33-38)44-16-7-9-19-48(44)54-49)40-29-23-37(24-30-40)42-17-10-20-50-51(42)45-31-25-36-13-4-5-15-43(36)52(45)55-50/h1-33H. The first-order valence-electron chi connectivity index (χ1n) is 18.7. The third-order valence-corrected chi connectivity index (χ3v) is 10.9. The summed E-state index contributed by atoms with van der Waals surface area (Å²) in [5.41, 5.74) is 13.8. The monoisotopic (exact) mass is 703 g/mol. The predicted molar refractivity (Wildman–Crippen MR) is 229 cm³/mol. The summed E-state index contributed by atoms with van der Waals surface area (Å²) in [5, 5.41) is 6.84. The molecule has 0 radical (unpaired) electrons. The number of hydrogen-bond acceptors (Lipinski definition) is 3. The molecule has 0 unspecified atom stereocenters. The number of furan rings is 2. The van der Waals surface area contributed by atoms with Crippen molar-refractivity contribution in [1.82, 2.24) is 0 Å². The number of nitrogens with zero attached hydrogens (tertiary/aromatic N) is 1. The Morgan fingerprint density at radius 2 is 0.945 bits per heavy atom. The van der Waals surface area contributed by atoms with Crippen LogP contribution in [0.15, 0.2) is 209 Å². The van der Waals surface area contributed by atoms with Gasteiger partial charge in [-0.25, -0.2) is 0 Å². The van der Waals surface area contributed by atoms with Crippen LogP contribution in [0.5, 0.6) is 0 Å². The average molecular weight is 704 g/mol. The first kappa shape index (κ1) is 31.2. The van der Waals surface area contributed by atoms with Crippen LogP contribution in [0.3, 0.4) is 0 Å². The zero-order valence-corrected chi connectivity index (χ0v) is 29.8. The first-order valence-corrected chi connectivity index (χ1v) is 18.7. The van der Waals surface area contributed by atoms with Gasteiger partial charge in [0, 0.05) is 43.9 Å². The largest absolute Gasteiger partial charge is 0.456 e. The van der Waals surface area contributed by atoms with Gasteiger partial charge in [0.2, 0.25) is 0 Å². The van der Waals surface area contributed by atoms with Crippen LogP contribution >= 0.6 is 0 Å². The topological polar surface area (TPSA) is 29.5 Å². The van der Waals surface area contributed by atoms with E-state index in [1.54, 1.807) is 0 Å². The Morgan fingerprint density at radius 1 is 0.327 bits per heavy atom. The van der Waals surface area contributed by atoms with E-state index in [2.05, 4.69) is 193 Å². The van der Waals surface area contributed by atoms with Crippen molar-refractivity contribution in [3.63, 3.8) is 0 Å². The maximum atomic E-state index is 6.53. The van der Waals surface area contributed by atoms with Crippen LogP contribution < -0.4 is 4.90 Å². The molecule has 3 heteroatoms. The lowest BCUT2D eigenvalue weighted by Crippen LogP contribution is -2.11. The van der Waals surface area contributed by atoms with Crippen molar-refractivity contribution in [2.75, 3.05) is 4.90 Å². The second-order valence-electron chi connectivity index (χ2n) is 14.1. The van der Waals surface area contributed by atoms with Gasteiger partial charge in [-0.15, -0.1) is 0 Å². The highest BCUT2D eigenvalue weighted by Gasteiger charge is 2.19. The fraction of sp³-hybridized carbons (Fsp3) is 0. The number of hydrogen-bond donors (Lipinski definition) is 0. The van der Waals surface area contributed by atoms with E-state index >= 15 is 0 Å². The Balaban J connectivity index is 1.03. The summed E-state index contributed by atoms with van der Waals surface area (Å²) in [4.78, 5) is 2.36. The van der Waals surface area contributed by atoms with Crippen LogP contribution in [0.25, 0.3) is 88.0 Å². The minimum atomic E-state index is 0.895. The second-order valence-corrected chi connectivity index (χ2v) is 14.1. The van der Waals surface area contributed by atoms with Gasteiger partial charge >= 0.3 is 0 Å². The first-order chi connectivity index (χ1) is 27.3. The van der Waals surface area contributed by atoms with E-state index in [9.17, 15) is 0 Å². The van der Waals surface area contributed by atoms with E-state index < -0.39 is 0 Å². The molecule has 2 heterocycles. The number of benzene rings is 9. The van der Waals surface area contributed by atoms with E-state index in [0.29, 0.717) is 0 Å². The number of rotatable bonds is 6. The molecule has 0 fully saturated rings. The maximum Gasteiger partial charge on any atom is 0.143 e. The third-order valence-electron chi connectivity index (χ3n) is 10.9. The highest BCUT2D eigenvalue weighted by molar-refractivity contribution is 6.19. The molecule has 11 aromatic rings. The lowest BCUT2D eigenvalue weighted by Gasteiger charge is -2.28. The molecule has 0 aliphatic heterocycles. The maximum absolute atomic E-state index is 6.53. The summed E-state index contributed by atoms with van der Waals surface area (Å²) in [5.74, 6) is 0. The quantitative estimate of drug-likeness (QED) is 0.173. The highest BCUT2D eigenvalue weighted by atomic mass is 16.3. The Hall–Kier alpha value is -7.36. The molecule has 55 heavy (non-hydrogen) atoms. The summed E-state index contributed by atoms with van der Waals surface area (Å²) < 4.78 is 12.6. The summed E-state index contributed by atoms with van der Waals surface area (Å²) in [6.07, 6.45) is 0. The average Bonchev–Trinajstić information content (AvgIpc) is 3.83. The van der Waals surface area contributed by atoms with Crippen molar-refractivity contribution in [1.29, 1.82) is 0 Å². The van der Waals surface area contributed by atoms with E-state index in [4.69, 9.17) is 8.83 Å². The van der Waals surface area contributed by atoms with Crippen LogP contribution in [0, 0.1) is 0 Å². The van der Waals surface area contributed by atoms with Gasteiger partial charge in [-0.05, 0) is 93.9 Å². The zero-order chi connectivity index (χ0) is 36.3. The molecule has 9 aromatic carbocycles. The lowest BCUT2D eigenvalue weighted by molar-refractivity contribution is 0.669. The van der Waals surface area contributed by atoms with E-state index in [1.807, 2.05) is 12.1 Å². The van der Waals surface area contributed by atoms with E-state index in [-0.39, 0.29) is 0 Å². The van der Waals surface area contributed by atoms with Crippen molar-refractivity contribution in [3.05, 3.63) is 200 Å². The number of fused-ring (bicyclic) bond motifs is 8. The van der Waals surface area contributed by atoms with Crippen molar-refractivity contribution < 1.29 is 8.83 Å². The van der Waals surface area contributed by atoms with Gasteiger partial charge in [-0.3, -0.25) is 0 Å². The molecule has 0 aliphatic carbocycles. The Kier molecular flexibility index (Phi) is 7.17. The fourth-order valence-electron chi connectivity index (χ4n) is 8.25. The SMILES string of the molecule is c1ccc(-c2ccccc2N(c2ccc(-c3ccc4oc5ccccc5c4c3)cc2)c2ccc(-c3cccc4oc5c6ccccc6ccc5c34)cc2)cc1. The van der Waals surface area contributed by atoms with Gasteiger partial charge in [-0.2, -0.15) is 0 Å². The molecule has 0 N–H and O–H groups in total. The Bertz CT molecular complexity index is 3190.